The molecular formula is C12H23NO2. The summed E-state index contributed by atoms with van der Waals surface area (Å²) >= 11 is 0. The Bertz CT molecular complexity index is 222. The number of carbonyl (C=O) groups is 1. The molecule has 1 saturated carbocycles. The van der Waals surface area contributed by atoms with Crippen LogP contribution in [0.1, 0.15) is 59.3 Å². The highest BCUT2D eigenvalue weighted by molar-refractivity contribution is 5.80. The second-order valence-electron chi connectivity index (χ2n) is 5.57. The van der Waals surface area contributed by atoms with Crippen molar-refractivity contribution in [1.29, 1.82) is 0 Å². The van der Waals surface area contributed by atoms with Gasteiger partial charge in [0.15, 0.2) is 0 Å². The minimum Gasteiger partial charge on any atom is -0.459 e. The normalized spacial score (nSPS) is 21.9. The molecule has 1 aliphatic rings. The molecular weight excluding hydrogens is 190 g/mol. The van der Waals surface area contributed by atoms with E-state index in [0.717, 1.165) is 25.7 Å². The summed E-state index contributed by atoms with van der Waals surface area (Å²) in [6, 6.07) is 0. The number of esters is 1. The molecule has 1 rings (SSSR count). The molecule has 0 aliphatic heterocycles. The molecule has 0 radical (unpaired) electrons. The fraction of sp³-hybridized carbons (Fsp3) is 0.917. The third kappa shape index (κ3) is 3.82. The van der Waals surface area contributed by atoms with E-state index in [9.17, 15) is 4.79 Å². The molecule has 3 heteroatoms. The number of nitrogens with two attached hydrogens (primary N) is 1. The predicted molar refractivity (Wildman–Crippen MR) is 60.5 cm³/mol. The summed E-state index contributed by atoms with van der Waals surface area (Å²) in [6.07, 6.45) is 5.97. The standard InChI is InChI=1S/C12H23NO2/c1-11(2,3)15-10(14)12(13)8-6-4-5-7-9-12/h4-9,13H2,1-3H3. The van der Waals surface area contributed by atoms with Crippen molar-refractivity contribution in [2.24, 2.45) is 5.73 Å². The zero-order valence-electron chi connectivity index (χ0n) is 10.1. The molecule has 0 spiro atoms. The van der Waals surface area contributed by atoms with Crippen LogP contribution in [0.15, 0.2) is 0 Å². The van der Waals surface area contributed by atoms with E-state index in [1.54, 1.807) is 0 Å². The van der Waals surface area contributed by atoms with E-state index in [0.29, 0.717) is 0 Å². The quantitative estimate of drug-likeness (QED) is 0.537. The molecule has 1 fully saturated rings. The molecule has 0 saturated heterocycles. The van der Waals surface area contributed by atoms with Gasteiger partial charge in [-0.2, -0.15) is 0 Å². The van der Waals surface area contributed by atoms with E-state index >= 15 is 0 Å². The fourth-order valence-corrected chi connectivity index (χ4v) is 1.94. The van der Waals surface area contributed by atoms with Crippen LogP contribution in [-0.2, 0) is 9.53 Å². The van der Waals surface area contributed by atoms with Crippen LogP contribution in [0, 0.1) is 0 Å². The van der Waals surface area contributed by atoms with Gasteiger partial charge >= 0.3 is 5.97 Å². The zero-order chi connectivity index (χ0) is 11.5. The topological polar surface area (TPSA) is 52.3 Å². The van der Waals surface area contributed by atoms with Crippen LogP contribution in [0.25, 0.3) is 0 Å². The van der Waals surface area contributed by atoms with Gasteiger partial charge in [0.1, 0.15) is 11.1 Å². The number of hydrogen-bond acceptors (Lipinski definition) is 3. The Hall–Kier alpha value is -0.570. The van der Waals surface area contributed by atoms with Gasteiger partial charge in [-0.05, 0) is 33.6 Å². The van der Waals surface area contributed by atoms with Crippen LogP contribution < -0.4 is 5.73 Å². The summed E-state index contributed by atoms with van der Waals surface area (Å²) in [4.78, 5) is 11.9. The van der Waals surface area contributed by atoms with E-state index in [2.05, 4.69) is 0 Å². The van der Waals surface area contributed by atoms with Crippen molar-refractivity contribution in [3.63, 3.8) is 0 Å². The van der Waals surface area contributed by atoms with Gasteiger partial charge in [-0.15, -0.1) is 0 Å². The smallest absolute Gasteiger partial charge is 0.326 e. The highest BCUT2D eigenvalue weighted by atomic mass is 16.6. The van der Waals surface area contributed by atoms with Crippen LogP contribution in [-0.4, -0.2) is 17.1 Å². The minimum absolute atomic E-state index is 0.225. The van der Waals surface area contributed by atoms with Gasteiger partial charge in [-0.25, -0.2) is 0 Å². The molecule has 88 valence electrons. The van der Waals surface area contributed by atoms with E-state index in [4.69, 9.17) is 10.5 Å². The Kier molecular flexibility index (Phi) is 3.77. The summed E-state index contributed by atoms with van der Waals surface area (Å²) in [5.41, 5.74) is 4.97. The second kappa shape index (κ2) is 4.52. The van der Waals surface area contributed by atoms with E-state index in [1.807, 2.05) is 20.8 Å². The first-order valence-electron chi connectivity index (χ1n) is 5.86. The number of hydrogen-bond donors (Lipinski definition) is 1. The van der Waals surface area contributed by atoms with Gasteiger partial charge in [-0.3, -0.25) is 4.79 Å². The van der Waals surface area contributed by atoms with Gasteiger partial charge in [0.2, 0.25) is 0 Å². The third-order valence-electron chi connectivity index (χ3n) is 2.80. The lowest BCUT2D eigenvalue weighted by molar-refractivity contribution is -0.162. The molecule has 0 unspecified atom stereocenters. The van der Waals surface area contributed by atoms with Gasteiger partial charge in [-0.1, -0.05) is 25.7 Å². The lowest BCUT2D eigenvalue weighted by Crippen LogP contribution is -2.50. The highest BCUT2D eigenvalue weighted by Crippen LogP contribution is 2.27. The van der Waals surface area contributed by atoms with Crippen LogP contribution in [0.2, 0.25) is 0 Å². The molecule has 0 heterocycles. The summed E-state index contributed by atoms with van der Waals surface area (Å²) in [5.74, 6) is -0.225. The largest absolute Gasteiger partial charge is 0.459 e. The van der Waals surface area contributed by atoms with Crippen molar-refractivity contribution in [2.75, 3.05) is 0 Å². The van der Waals surface area contributed by atoms with E-state index in [-0.39, 0.29) is 5.97 Å². The molecule has 3 nitrogen and oxygen atoms in total. The van der Waals surface area contributed by atoms with Crippen molar-refractivity contribution < 1.29 is 9.53 Å². The molecule has 1 aliphatic carbocycles. The zero-order valence-corrected chi connectivity index (χ0v) is 10.1. The van der Waals surface area contributed by atoms with Gasteiger partial charge in [0.25, 0.3) is 0 Å². The highest BCUT2D eigenvalue weighted by Gasteiger charge is 2.37. The van der Waals surface area contributed by atoms with Gasteiger partial charge < -0.3 is 10.5 Å². The lowest BCUT2D eigenvalue weighted by atomic mass is 9.91. The van der Waals surface area contributed by atoms with Crippen molar-refractivity contribution in [2.45, 2.75) is 70.4 Å². The Morgan fingerprint density at radius 3 is 2.00 bits per heavy atom. The average molecular weight is 213 g/mol. The van der Waals surface area contributed by atoms with Crippen LogP contribution in [0.5, 0.6) is 0 Å². The number of ether oxygens (including phenoxy) is 1. The van der Waals surface area contributed by atoms with Crippen LogP contribution >= 0.6 is 0 Å². The summed E-state index contributed by atoms with van der Waals surface area (Å²) in [6.45, 7) is 5.64. The molecule has 0 aromatic rings. The summed E-state index contributed by atoms with van der Waals surface area (Å²) < 4.78 is 5.37. The molecule has 0 bridgehead atoms. The lowest BCUT2D eigenvalue weighted by Gasteiger charge is -2.30. The fourth-order valence-electron chi connectivity index (χ4n) is 1.94. The number of carbonyl (C=O) groups excluding carboxylic acids is 1. The number of rotatable bonds is 1. The first kappa shape index (κ1) is 12.5. The van der Waals surface area contributed by atoms with Crippen LogP contribution in [0.4, 0.5) is 0 Å². The maximum absolute atomic E-state index is 11.9. The van der Waals surface area contributed by atoms with Crippen LogP contribution in [0.3, 0.4) is 0 Å². The van der Waals surface area contributed by atoms with Crippen molar-refractivity contribution >= 4 is 5.97 Å². The van der Waals surface area contributed by atoms with Gasteiger partial charge in [0.05, 0.1) is 0 Å². The molecule has 0 aromatic heterocycles. The molecule has 0 aromatic carbocycles. The van der Waals surface area contributed by atoms with E-state index < -0.39 is 11.1 Å². The first-order valence-corrected chi connectivity index (χ1v) is 5.86. The first-order chi connectivity index (χ1) is 6.83. The summed E-state index contributed by atoms with van der Waals surface area (Å²) in [5, 5.41) is 0. The SMILES string of the molecule is CC(C)(C)OC(=O)C1(N)CCCCCC1. The molecule has 0 atom stereocenters. The van der Waals surface area contributed by atoms with Gasteiger partial charge in [0, 0.05) is 0 Å². The molecule has 0 amide bonds. The van der Waals surface area contributed by atoms with Crippen molar-refractivity contribution in [1.82, 2.24) is 0 Å². The van der Waals surface area contributed by atoms with Crippen molar-refractivity contribution in [3.05, 3.63) is 0 Å². The predicted octanol–water partition coefficient (Wildman–Crippen LogP) is 2.38. The second-order valence-corrected chi connectivity index (χ2v) is 5.57. The third-order valence-corrected chi connectivity index (χ3v) is 2.80. The Labute approximate surface area is 92.4 Å². The Balaban J connectivity index is 2.62. The van der Waals surface area contributed by atoms with E-state index in [1.165, 1.54) is 12.8 Å². The maximum atomic E-state index is 11.9. The monoisotopic (exact) mass is 213 g/mol. The Morgan fingerprint density at radius 2 is 1.60 bits per heavy atom. The average Bonchev–Trinajstić information content (AvgIpc) is 2.28. The molecule has 2 N–H and O–H groups in total. The molecule has 15 heavy (non-hydrogen) atoms. The maximum Gasteiger partial charge on any atom is 0.326 e. The minimum atomic E-state index is -0.732. The summed E-state index contributed by atoms with van der Waals surface area (Å²) in [7, 11) is 0. The Morgan fingerprint density at radius 1 is 1.13 bits per heavy atom. The van der Waals surface area contributed by atoms with Crippen molar-refractivity contribution in [3.8, 4) is 0 Å².